The molecule has 0 saturated heterocycles. The summed E-state index contributed by atoms with van der Waals surface area (Å²) in [7, 11) is 0. The Bertz CT molecular complexity index is 705. The molecule has 3 rings (SSSR count). The van der Waals surface area contributed by atoms with Gasteiger partial charge in [-0.05, 0) is 49.9 Å². The van der Waals surface area contributed by atoms with E-state index in [1.54, 1.807) is 30.3 Å². The van der Waals surface area contributed by atoms with E-state index in [0.717, 1.165) is 25.7 Å². The maximum atomic E-state index is 12.4. The molecule has 138 valence electrons. The Morgan fingerprint density at radius 3 is 2.15 bits per heavy atom. The number of hydrogen-bond donors (Lipinski definition) is 3. The summed E-state index contributed by atoms with van der Waals surface area (Å²) in [4.78, 5) is 36.0. The molecule has 0 heterocycles. The van der Waals surface area contributed by atoms with Crippen molar-refractivity contribution < 1.29 is 19.5 Å². The van der Waals surface area contributed by atoms with Crippen LogP contribution in [-0.2, 0) is 9.59 Å². The van der Waals surface area contributed by atoms with E-state index in [-0.39, 0.29) is 17.9 Å². The Kier molecular flexibility index (Phi) is 5.71. The molecule has 26 heavy (non-hydrogen) atoms. The molecule has 2 aliphatic carbocycles. The van der Waals surface area contributed by atoms with Crippen molar-refractivity contribution in [3.63, 3.8) is 0 Å². The summed E-state index contributed by atoms with van der Waals surface area (Å²) >= 11 is 0. The van der Waals surface area contributed by atoms with Gasteiger partial charge in [0.1, 0.15) is 0 Å². The van der Waals surface area contributed by atoms with Gasteiger partial charge >= 0.3 is 5.97 Å². The molecular formula is C20H24N2O4. The zero-order valence-electron chi connectivity index (χ0n) is 14.6. The second-order valence-electron chi connectivity index (χ2n) is 7.02. The second kappa shape index (κ2) is 8.17. The van der Waals surface area contributed by atoms with Gasteiger partial charge < -0.3 is 15.7 Å². The molecule has 1 aromatic carbocycles. The Labute approximate surface area is 152 Å². The number of carboxylic acid groups (broad SMARTS) is 1. The Hall–Kier alpha value is -2.63. The largest absolute Gasteiger partial charge is 0.481 e. The second-order valence-corrected chi connectivity index (χ2v) is 7.02. The average Bonchev–Trinajstić information content (AvgIpc) is 3.15. The van der Waals surface area contributed by atoms with Crippen molar-refractivity contribution in [1.82, 2.24) is 5.32 Å². The van der Waals surface area contributed by atoms with Crippen molar-refractivity contribution in [1.29, 1.82) is 0 Å². The van der Waals surface area contributed by atoms with Crippen LogP contribution in [-0.4, -0.2) is 28.9 Å². The summed E-state index contributed by atoms with van der Waals surface area (Å²) in [5.41, 5.74) is 1.12. The van der Waals surface area contributed by atoms with Gasteiger partial charge in [0, 0.05) is 17.3 Å². The molecule has 1 fully saturated rings. The number of benzene rings is 1. The van der Waals surface area contributed by atoms with E-state index in [1.807, 2.05) is 6.08 Å². The lowest BCUT2D eigenvalue weighted by Gasteiger charge is -2.24. The highest BCUT2D eigenvalue weighted by molar-refractivity contribution is 5.97. The molecule has 6 heteroatoms. The van der Waals surface area contributed by atoms with Crippen LogP contribution in [0.3, 0.4) is 0 Å². The highest BCUT2D eigenvalue weighted by Gasteiger charge is 2.33. The van der Waals surface area contributed by atoms with Gasteiger partial charge in [-0.2, -0.15) is 0 Å². The van der Waals surface area contributed by atoms with Crippen LogP contribution in [0.5, 0.6) is 0 Å². The first-order valence-electron chi connectivity index (χ1n) is 9.14. The van der Waals surface area contributed by atoms with Gasteiger partial charge in [-0.1, -0.05) is 25.0 Å². The molecule has 1 saturated carbocycles. The molecular weight excluding hydrogens is 332 g/mol. The van der Waals surface area contributed by atoms with Crippen molar-refractivity contribution in [2.24, 2.45) is 11.8 Å². The standard InChI is InChI=1S/C20H24N2O4/c23-18(21-14-5-1-2-6-14)13-9-11-15(12-10-13)22-19(24)16-7-3-4-8-17(16)20(25)26/h3-4,9-12,14,16-17H,1-2,5-8H2,(H,21,23)(H,22,24)(H,25,26)/t16-,17-/m0/s1. The predicted octanol–water partition coefficient (Wildman–Crippen LogP) is 2.96. The molecule has 0 unspecified atom stereocenters. The Balaban J connectivity index is 1.59. The minimum absolute atomic E-state index is 0.0989. The molecule has 0 aliphatic heterocycles. The number of anilines is 1. The smallest absolute Gasteiger partial charge is 0.307 e. The summed E-state index contributed by atoms with van der Waals surface area (Å²) in [5.74, 6) is -2.63. The minimum Gasteiger partial charge on any atom is -0.481 e. The predicted molar refractivity (Wildman–Crippen MR) is 97.8 cm³/mol. The highest BCUT2D eigenvalue weighted by atomic mass is 16.4. The van der Waals surface area contributed by atoms with Crippen molar-refractivity contribution >= 4 is 23.5 Å². The number of carboxylic acids is 1. The number of rotatable bonds is 5. The number of nitrogens with one attached hydrogen (secondary N) is 2. The van der Waals surface area contributed by atoms with Crippen LogP contribution in [0.15, 0.2) is 36.4 Å². The molecule has 2 atom stereocenters. The topological polar surface area (TPSA) is 95.5 Å². The van der Waals surface area contributed by atoms with Gasteiger partial charge in [0.05, 0.1) is 11.8 Å². The van der Waals surface area contributed by atoms with Gasteiger partial charge in [0.15, 0.2) is 0 Å². The van der Waals surface area contributed by atoms with Crippen LogP contribution in [0.25, 0.3) is 0 Å². The summed E-state index contributed by atoms with van der Waals surface area (Å²) < 4.78 is 0. The van der Waals surface area contributed by atoms with Crippen molar-refractivity contribution in [3.8, 4) is 0 Å². The fourth-order valence-corrected chi connectivity index (χ4v) is 3.66. The summed E-state index contributed by atoms with van der Waals surface area (Å²) in [6.45, 7) is 0. The average molecular weight is 356 g/mol. The number of amides is 2. The Morgan fingerprint density at radius 1 is 0.923 bits per heavy atom. The van der Waals surface area contributed by atoms with Gasteiger partial charge in [-0.3, -0.25) is 14.4 Å². The number of aliphatic carboxylic acids is 1. The van der Waals surface area contributed by atoms with Gasteiger partial charge in [0.2, 0.25) is 5.91 Å². The van der Waals surface area contributed by atoms with Crippen LogP contribution in [0.1, 0.15) is 48.9 Å². The molecule has 0 radical (unpaired) electrons. The highest BCUT2D eigenvalue weighted by Crippen LogP contribution is 2.27. The minimum atomic E-state index is -0.951. The van der Waals surface area contributed by atoms with E-state index in [0.29, 0.717) is 24.1 Å². The van der Waals surface area contributed by atoms with Crippen LogP contribution in [0.2, 0.25) is 0 Å². The monoisotopic (exact) mass is 356 g/mol. The van der Waals surface area contributed by atoms with E-state index in [4.69, 9.17) is 0 Å². The van der Waals surface area contributed by atoms with Crippen LogP contribution >= 0.6 is 0 Å². The normalized spacial score (nSPS) is 22.8. The Morgan fingerprint density at radius 2 is 1.54 bits per heavy atom. The van der Waals surface area contributed by atoms with Crippen molar-refractivity contribution in [3.05, 3.63) is 42.0 Å². The van der Waals surface area contributed by atoms with Crippen molar-refractivity contribution in [2.75, 3.05) is 5.32 Å². The van der Waals surface area contributed by atoms with Crippen molar-refractivity contribution in [2.45, 2.75) is 44.6 Å². The van der Waals surface area contributed by atoms with Gasteiger partial charge in [-0.25, -0.2) is 0 Å². The number of hydrogen-bond acceptors (Lipinski definition) is 3. The third kappa shape index (κ3) is 4.31. The number of carbonyl (C=O) groups excluding carboxylic acids is 2. The molecule has 2 aliphatic rings. The molecule has 0 aromatic heterocycles. The van der Waals surface area contributed by atoms with E-state index >= 15 is 0 Å². The third-order valence-corrected chi connectivity index (χ3v) is 5.19. The van der Waals surface area contributed by atoms with E-state index in [2.05, 4.69) is 10.6 Å². The summed E-state index contributed by atoms with van der Waals surface area (Å²) in [6.07, 6.45) is 8.81. The number of allylic oxidation sites excluding steroid dienone is 2. The first kappa shape index (κ1) is 18.2. The lowest BCUT2D eigenvalue weighted by molar-refractivity contribution is -0.146. The molecule has 1 aromatic rings. The van der Waals surface area contributed by atoms with Gasteiger partial charge in [-0.15, -0.1) is 0 Å². The fraction of sp³-hybridized carbons (Fsp3) is 0.450. The van der Waals surface area contributed by atoms with E-state index < -0.39 is 17.8 Å². The first-order valence-corrected chi connectivity index (χ1v) is 9.14. The summed E-state index contributed by atoms with van der Waals surface area (Å²) in [6, 6.07) is 6.96. The zero-order valence-corrected chi connectivity index (χ0v) is 14.6. The maximum absolute atomic E-state index is 12.4. The first-order chi connectivity index (χ1) is 12.5. The number of carbonyl (C=O) groups is 3. The summed E-state index contributed by atoms with van der Waals surface area (Å²) in [5, 5.41) is 15.1. The quantitative estimate of drug-likeness (QED) is 0.707. The molecule has 0 bridgehead atoms. The lowest BCUT2D eigenvalue weighted by Crippen LogP contribution is -2.34. The third-order valence-electron chi connectivity index (χ3n) is 5.19. The molecule has 6 nitrogen and oxygen atoms in total. The molecule has 2 amide bonds. The van der Waals surface area contributed by atoms with Crippen LogP contribution < -0.4 is 10.6 Å². The fourth-order valence-electron chi connectivity index (χ4n) is 3.66. The van der Waals surface area contributed by atoms with Gasteiger partial charge in [0.25, 0.3) is 5.91 Å². The SMILES string of the molecule is O=C(NC1CCCC1)c1ccc(NC(=O)[C@H]2CC=CC[C@@H]2C(=O)O)cc1. The lowest BCUT2D eigenvalue weighted by atomic mass is 9.82. The maximum Gasteiger partial charge on any atom is 0.307 e. The van der Waals surface area contributed by atoms with Crippen LogP contribution in [0.4, 0.5) is 5.69 Å². The van der Waals surface area contributed by atoms with Crippen LogP contribution in [0, 0.1) is 11.8 Å². The van der Waals surface area contributed by atoms with E-state index in [1.165, 1.54) is 0 Å². The molecule has 0 spiro atoms. The zero-order chi connectivity index (χ0) is 18.5. The molecule has 3 N–H and O–H groups in total. The van der Waals surface area contributed by atoms with E-state index in [9.17, 15) is 19.5 Å².